The number of aliphatic hydroxyl groups is 2. The molecule has 0 saturated carbocycles. The monoisotopic (exact) mass is 1160 g/mol. The molecular weight excluding hydrogens is 1010 g/mol. The van der Waals surface area contributed by atoms with Gasteiger partial charge in [0.2, 0.25) is 5.91 Å². The summed E-state index contributed by atoms with van der Waals surface area (Å²) in [5.41, 5.74) is 0. The number of allylic oxidation sites excluding steroid dienone is 5. The summed E-state index contributed by atoms with van der Waals surface area (Å²) in [7, 11) is 0. The molecule has 0 aromatic rings. The third-order valence-electron chi connectivity index (χ3n) is 18.4. The first-order valence-corrected chi connectivity index (χ1v) is 38.7. The van der Waals surface area contributed by atoms with Crippen LogP contribution in [0.3, 0.4) is 0 Å². The van der Waals surface area contributed by atoms with Crippen molar-refractivity contribution in [3.8, 4) is 0 Å². The number of carbonyl (C=O) groups excluding carboxylic acids is 1. The van der Waals surface area contributed by atoms with Gasteiger partial charge < -0.3 is 15.5 Å². The number of hydrogen-bond acceptors (Lipinski definition) is 3. The van der Waals surface area contributed by atoms with Gasteiger partial charge in [-0.1, -0.05) is 429 Å². The number of hydrogen-bond donors (Lipinski definition) is 3. The minimum atomic E-state index is -0.871. The first-order chi connectivity index (χ1) is 41.2. The van der Waals surface area contributed by atoms with E-state index in [1.165, 1.54) is 385 Å². The molecule has 0 spiro atoms. The standard InChI is InChI=1S/C79H153NO3/c1-3-5-7-9-11-13-15-17-19-21-23-25-27-29-31-33-35-36-37-38-39-40-41-42-43-45-47-49-51-53-55-57-59-61-63-65-67-69-71-73-75-79(83)80-77(76-81)78(82)74-72-70-68-66-64-62-60-58-56-54-52-50-48-46-44-34-32-30-28-26-24-22-20-18-16-14-12-10-8-6-4-2/h56,58,64,66,72,74,77-78,81-82H,3-55,57,59-63,65,67-71,73,75-76H2,1-2H3,(H,80,83)/b58-56+,66-64+,74-72+. The number of aliphatic hydroxyl groups excluding tert-OH is 2. The van der Waals surface area contributed by atoms with Gasteiger partial charge in [0, 0.05) is 6.42 Å². The van der Waals surface area contributed by atoms with Gasteiger partial charge in [0.15, 0.2) is 0 Å². The molecule has 0 radical (unpaired) electrons. The van der Waals surface area contributed by atoms with Gasteiger partial charge in [-0.2, -0.15) is 0 Å². The molecule has 0 fully saturated rings. The van der Waals surface area contributed by atoms with Gasteiger partial charge in [0.05, 0.1) is 18.8 Å². The predicted octanol–water partition coefficient (Wildman–Crippen LogP) is 26.7. The van der Waals surface area contributed by atoms with E-state index in [9.17, 15) is 15.0 Å². The van der Waals surface area contributed by atoms with Crippen molar-refractivity contribution in [1.29, 1.82) is 0 Å². The molecule has 3 N–H and O–H groups in total. The summed E-state index contributed by atoms with van der Waals surface area (Å²) in [6, 6.07) is -0.646. The van der Waals surface area contributed by atoms with Crippen molar-refractivity contribution >= 4 is 5.91 Å². The maximum Gasteiger partial charge on any atom is 0.220 e. The molecule has 0 aliphatic rings. The Bertz CT molecular complexity index is 1270. The van der Waals surface area contributed by atoms with E-state index in [4.69, 9.17) is 0 Å². The third-order valence-corrected chi connectivity index (χ3v) is 18.4. The minimum Gasteiger partial charge on any atom is -0.394 e. The smallest absolute Gasteiger partial charge is 0.220 e. The molecule has 0 bridgehead atoms. The molecule has 2 unspecified atom stereocenters. The van der Waals surface area contributed by atoms with Crippen molar-refractivity contribution in [3.05, 3.63) is 36.5 Å². The van der Waals surface area contributed by atoms with Crippen LogP contribution >= 0.6 is 0 Å². The Balaban J connectivity index is 3.42. The zero-order valence-corrected chi connectivity index (χ0v) is 57.0. The van der Waals surface area contributed by atoms with Crippen LogP contribution in [-0.2, 0) is 4.79 Å². The van der Waals surface area contributed by atoms with Gasteiger partial charge in [-0.25, -0.2) is 0 Å². The van der Waals surface area contributed by atoms with Gasteiger partial charge in [-0.05, 0) is 44.9 Å². The highest BCUT2D eigenvalue weighted by Crippen LogP contribution is 2.20. The van der Waals surface area contributed by atoms with Gasteiger partial charge in [0.25, 0.3) is 0 Å². The molecule has 0 aliphatic heterocycles. The molecule has 0 aromatic heterocycles. The second kappa shape index (κ2) is 74.9. The second-order valence-electron chi connectivity index (χ2n) is 26.8. The summed E-state index contributed by atoms with van der Waals surface area (Å²) >= 11 is 0. The van der Waals surface area contributed by atoms with E-state index in [0.717, 1.165) is 38.5 Å². The van der Waals surface area contributed by atoms with Crippen molar-refractivity contribution < 1.29 is 15.0 Å². The highest BCUT2D eigenvalue weighted by atomic mass is 16.3. The molecule has 0 aromatic carbocycles. The molecule has 2 atom stereocenters. The topological polar surface area (TPSA) is 69.6 Å². The van der Waals surface area contributed by atoms with E-state index in [0.29, 0.717) is 6.42 Å². The predicted molar refractivity (Wildman–Crippen MR) is 373 cm³/mol. The van der Waals surface area contributed by atoms with E-state index in [-0.39, 0.29) is 12.5 Å². The van der Waals surface area contributed by atoms with E-state index in [2.05, 4.69) is 43.5 Å². The van der Waals surface area contributed by atoms with Gasteiger partial charge in [-0.15, -0.1) is 0 Å². The lowest BCUT2D eigenvalue weighted by molar-refractivity contribution is -0.123. The molecule has 4 heteroatoms. The first-order valence-electron chi connectivity index (χ1n) is 38.7. The average Bonchev–Trinajstić information content (AvgIpc) is 3.50. The number of rotatable bonds is 73. The normalized spacial score (nSPS) is 12.8. The van der Waals surface area contributed by atoms with Gasteiger partial charge in [-0.3, -0.25) is 4.79 Å². The van der Waals surface area contributed by atoms with Crippen LogP contribution in [0.1, 0.15) is 444 Å². The van der Waals surface area contributed by atoms with E-state index in [1.807, 2.05) is 6.08 Å². The van der Waals surface area contributed by atoms with E-state index < -0.39 is 12.1 Å². The van der Waals surface area contributed by atoms with Crippen molar-refractivity contribution in [1.82, 2.24) is 5.32 Å². The Morgan fingerprint density at radius 3 is 0.699 bits per heavy atom. The molecule has 0 aliphatic carbocycles. The van der Waals surface area contributed by atoms with Crippen LogP contribution in [0.15, 0.2) is 36.5 Å². The van der Waals surface area contributed by atoms with Crippen LogP contribution in [0, 0.1) is 0 Å². The quantitative estimate of drug-likeness (QED) is 0.0420. The van der Waals surface area contributed by atoms with Crippen LogP contribution in [0.5, 0.6) is 0 Å². The maximum atomic E-state index is 12.6. The fraction of sp³-hybridized carbons (Fsp3) is 0.911. The van der Waals surface area contributed by atoms with Crippen LogP contribution in [0.4, 0.5) is 0 Å². The Morgan fingerprint density at radius 2 is 0.470 bits per heavy atom. The molecule has 0 saturated heterocycles. The minimum absolute atomic E-state index is 0.0685. The number of unbranched alkanes of at least 4 members (excludes halogenated alkanes) is 62. The van der Waals surface area contributed by atoms with Crippen LogP contribution in [0.2, 0.25) is 0 Å². The molecule has 0 rings (SSSR count). The summed E-state index contributed by atoms with van der Waals surface area (Å²) < 4.78 is 0. The SMILES string of the molecule is CCCCCCCCCCCCCCCCCCCCCCC/C=C/CC/C=C/CC/C=C/C(O)C(CO)NC(=O)CCCCCCCCCCCCCCCCCCCCCCCCCCCCCCCCCCCCCCCCCC. The van der Waals surface area contributed by atoms with Crippen molar-refractivity contribution in [2.24, 2.45) is 0 Å². The fourth-order valence-corrected chi connectivity index (χ4v) is 12.5. The van der Waals surface area contributed by atoms with Crippen molar-refractivity contribution in [2.45, 2.75) is 456 Å². The lowest BCUT2D eigenvalue weighted by Crippen LogP contribution is -2.45. The summed E-state index contributed by atoms with van der Waals surface area (Å²) in [5.74, 6) is -0.0685. The number of carbonyl (C=O) groups is 1. The van der Waals surface area contributed by atoms with E-state index in [1.54, 1.807) is 6.08 Å². The maximum absolute atomic E-state index is 12.6. The number of nitrogens with one attached hydrogen (secondary N) is 1. The second-order valence-corrected chi connectivity index (χ2v) is 26.8. The Morgan fingerprint density at radius 1 is 0.277 bits per heavy atom. The molecular formula is C79H153NO3. The Labute approximate surface area is 522 Å². The largest absolute Gasteiger partial charge is 0.394 e. The van der Waals surface area contributed by atoms with Crippen molar-refractivity contribution in [2.75, 3.05) is 6.61 Å². The summed E-state index contributed by atoms with van der Waals surface area (Å²) in [5, 5.41) is 23.3. The van der Waals surface area contributed by atoms with Crippen LogP contribution < -0.4 is 5.32 Å². The third kappa shape index (κ3) is 71.3. The molecule has 0 heterocycles. The molecule has 492 valence electrons. The van der Waals surface area contributed by atoms with Crippen molar-refractivity contribution in [3.63, 3.8) is 0 Å². The summed E-state index contributed by atoms with van der Waals surface area (Å²) in [6.45, 7) is 4.35. The lowest BCUT2D eigenvalue weighted by atomic mass is 10.0. The zero-order chi connectivity index (χ0) is 59.8. The highest BCUT2D eigenvalue weighted by Gasteiger charge is 2.18. The molecule has 4 nitrogen and oxygen atoms in total. The highest BCUT2D eigenvalue weighted by molar-refractivity contribution is 5.76. The number of amides is 1. The molecule has 83 heavy (non-hydrogen) atoms. The Hall–Kier alpha value is -1.39. The first kappa shape index (κ1) is 81.6. The van der Waals surface area contributed by atoms with Crippen LogP contribution in [-0.4, -0.2) is 34.9 Å². The van der Waals surface area contributed by atoms with Gasteiger partial charge >= 0.3 is 0 Å². The summed E-state index contributed by atoms with van der Waals surface area (Å²) in [4.78, 5) is 12.6. The zero-order valence-electron chi connectivity index (χ0n) is 57.0. The fourth-order valence-electron chi connectivity index (χ4n) is 12.5. The molecule has 1 amide bonds. The Kier molecular flexibility index (Phi) is 73.6. The lowest BCUT2D eigenvalue weighted by Gasteiger charge is -2.19. The average molecular weight is 1170 g/mol. The summed E-state index contributed by atoms with van der Waals surface area (Å²) in [6.07, 6.45) is 104. The van der Waals surface area contributed by atoms with E-state index >= 15 is 0 Å². The van der Waals surface area contributed by atoms with Gasteiger partial charge in [0.1, 0.15) is 0 Å². The van der Waals surface area contributed by atoms with Crippen LogP contribution in [0.25, 0.3) is 0 Å².